The summed E-state index contributed by atoms with van der Waals surface area (Å²) in [7, 11) is 0. The third kappa shape index (κ3) is 1.71. The predicted octanol–water partition coefficient (Wildman–Crippen LogP) is 2.75. The first kappa shape index (κ1) is 11.5. The van der Waals surface area contributed by atoms with E-state index in [-0.39, 0.29) is 11.9 Å². The lowest BCUT2D eigenvalue weighted by molar-refractivity contribution is -0.146. The Morgan fingerprint density at radius 3 is 2.69 bits per heavy atom. The van der Waals surface area contributed by atoms with E-state index in [9.17, 15) is 4.79 Å². The zero-order valence-electron chi connectivity index (χ0n) is 9.28. The van der Waals surface area contributed by atoms with Crippen LogP contribution in [0, 0.1) is 5.92 Å². The minimum absolute atomic E-state index is 0.133. The standard InChI is InChI=1S/C13H15ClO2/c1-2-16-12(15)13(8-11(13)9-14)10-6-4-3-5-7-10/h3-7,11H,2,8-9H2,1H3. The van der Waals surface area contributed by atoms with Crippen LogP contribution in [-0.2, 0) is 14.9 Å². The van der Waals surface area contributed by atoms with Gasteiger partial charge < -0.3 is 4.74 Å². The molecular formula is C13H15ClO2. The molecule has 1 aromatic carbocycles. The van der Waals surface area contributed by atoms with Crippen LogP contribution in [0.25, 0.3) is 0 Å². The van der Waals surface area contributed by atoms with Gasteiger partial charge in [0.25, 0.3) is 0 Å². The highest BCUT2D eigenvalue weighted by molar-refractivity contribution is 6.18. The Hall–Kier alpha value is -1.02. The van der Waals surface area contributed by atoms with Crippen LogP contribution in [0.3, 0.4) is 0 Å². The molecule has 16 heavy (non-hydrogen) atoms. The van der Waals surface area contributed by atoms with Crippen molar-refractivity contribution in [1.29, 1.82) is 0 Å². The zero-order chi connectivity index (χ0) is 11.6. The predicted molar refractivity (Wildman–Crippen MR) is 63.6 cm³/mol. The fourth-order valence-corrected chi connectivity index (χ4v) is 2.61. The van der Waals surface area contributed by atoms with Crippen molar-refractivity contribution in [1.82, 2.24) is 0 Å². The van der Waals surface area contributed by atoms with E-state index in [1.54, 1.807) is 0 Å². The van der Waals surface area contributed by atoms with Crippen LogP contribution in [0.5, 0.6) is 0 Å². The molecular weight excluding hydrogens is 224 g/mol. The molecule has 2 unspecified atom stereocenters. The van der Waals surface area contributed by atoms with Gasteiger partial charge in [0, 0.05) is 5.88 Å². The van der Waals surface area contributed by atoms with Crippen molar-refractivity contribution in [2.75, 3.05) is 12.5 Å². The van der Waals surface area contributed by atoms with Gasteiger partial charge in [-0.1, -0.05) is 30.3 Å². The van der Waals surface area contributed by atoms with Gasteiger partial charge >= 0.3 is 5.97 Å². The summed E-state index contributed by atoms with van der Waals surface area (Å²) in [5, 5.41) is 0. The molecule has 1 saturated carbocycles. The van der Waals surface area contributed by atoms with Gasteiger partial charge in [-0.25, -0.2) is 0 Å². The van der Waals surface area contributed by atoms with E-state index >= 15 is 0 Å². The zero-order valence-corrected chi connectivity index (χ0v) is 10.0. The topological polar surface area (TPSA) is 26.3 Å². The molecule has 1 aliphatic carbocycles. The first-order valence-electron chi connectivity index (χ1n) is 5.54. The average Bonchev–Trinajstić information content (AvgIpc) is 3.06. The number of benzene rings is 1. The second kappa shape index (κ2) is 4.46. The Bertz CT molecular complexity index is 377. The number of rotatable bonds is 4. The van der Waals surface area contributed by atoms with Crippen molar-refractivity contribution in [3.8, 4) is 0 Å². The van der Waals surface area contributed by atoms with Gasteiger partial charge in [0.2, 0.25) is 0 Å². The molecule has 1 fully saturated rings. The Morgan fingerprint density at radius 2 is 2.19 bits per heavy atom. The number of carbonyl (C=O) groups excluding carboxylic acids is 1. The highest BCUT2D eigenvalue weighted by Gasteiger charge is 2.61. The van der Waals surface area contributed by atoms with Crippen molar-refractivity contribution in [3.05, 3.63) is 35.9 Å². The third-order valence-electron chi connectivity index (χ3n) is 3.22. The largest absolute Gasteiger partial charge is 0.465 e. The second-order valence-electron chi connectivity index (χ2n) is 4.11. The van der Waals surface area contributed by atoms with E-state index in [1.807, 2.05) is 37.3 Å². The van der Waals surface area contributed by atoms with Crippen molar-refractivity contribution >= 4 is 17.6 Å². The summed E-state index contributed by atoms with van der Waals surface area (Å²) in [5.41, 5.74) is 0.554. The van der Waals surface area contributed by atoms with Gasteiger partial charge in [0.1, 0.15) is 0 Å². The van der Waals surface area contributed by atoms with E-state index in [0.717, 1.165) is 12.0 Å². The molecule has 0 amide bonds. The van der Waals surface area contributed by atoms with Crippen molar-refractivity contribution in [2.24, 2.45) is 5.92 Å². The minimum Gasteiger partial charge on any atom is -0.465 e. The van der Waals surface area contributed by atoms with E-state index in [0.29, 0.717) is 12.5 Å². The van der Waals surface area contributed by atoms with Crippen molar-refractivity contribution in [3.63, 3.8) is 0 Å². The maximum absolute atomic E-state index is 12.0. The molecule has 0 saturated heterocycles. The van der Waals surface area contributed by atoms with E-state index in [2.05, 4.69) is 0 Å². The number of alkyl halides is 1. The molecule has 86 valence electrons. The Balaban J connectivity index is 2.28. The lowest BCUT2D eigenvalue weighted by Gasteiger charge is -2.15. The normalized spacial score (nSPS) is 27.5. The molecule has 0 radical (unpaired) electrons. The molecule has 0 aromatic heterocycles. The molecule has 2 rings (SSSR count). The third-order valence-corrected chi connectivity index (χ3v) is 3.59. The SMILES string of the molecule is CCOC(=O)C1(c2ccccc2)CC1CCl. The fraction of sp³-hybridized carbons (Fsp3) is 0.462. The summed E-state index contributed by atoms with van der Waals surface area (Å²) >= 11 is 5.87. The number of hydrogen-bond donors (Lipinski definition) is 0. The quantitative estimate of drug-likeness (QED) is 0.596. The number of esters is 1. The number of halogens is 1. The van der Waals surface area contributed by atoms with Gasteiger partial charge in [-0.2, -0.15) is 0 Å². The van der Waals surface area contributed by atoms with Gasteiger partial charge in [0.05, 0.1) is 12.0 Å². The molecule has 1 aromatic rings. The van der Waals surface area contributed by atoms with Gasteiger partial charge in [-0.15, -0.1) is 11.6 Å². The molecule has 0 N–H and O–H groups in total. The van der Waals surface area contributed by atoms with Crippen LogP contribution in [0.15, 0.2) is 30.3 Å². The van der Waals surface area contributed by atoms with Crippen LogP contribution >= 0.6 is 11.6 Å². The number of carbonyl (C=O) groups is 1. The molecule has 0 aliphatic heterocycles. The van der Waals surface area contributed by atoms with Crippen molar-refractivity contribution < 1.29 is 9.53 Å². The summed E-state index contributed by atoms with van der Waals surface area (Å²) in [5.74, 6) is 0.593. The second-order valence-corrected chi connectivity index (χ2v) is 4.42. The fourth-order valence-electron chi connectivity index (χ4n) is 2.23. The van der Waals surface area contributed by atoms with Crippen LogP contribution in [0.1, 0.15) is 18.9 Å². The minimum atomic E-state index is -0.473. The maximum atomic E-state index is 12.0. The van der Waals surface area contributed by atoms with Gasteiger partial charge in [-0.3, -0.25) is 4.79 Å². The molecule has 3 heteroatoms. The van der Waals surface area contributed by atoms with Gasteiger partial charge in [-0.05, 0) is 24.8 Å². The Labute approximate surface area is 101 Å². The average molecular weight is 239 g/mol. The van der Waals surface area contributed by atoms with E-state index < -0.39 is 5.41 Å². The number of ether oxygens (including phenoxy) is 1. The summed E-state index contributed by atoms with van der Waals surface area (Å²) in [4.78, 5) is 12.0. The monoisotopic (exact) mass is 238 g/mol. The maximum Gasteiger partial charge on any atom is 0.316 e. The van der Waals surface area contributed by atoms with Crippen LogP contribution in [0.4, 0.5) is 0 Å². The lowest BCUT2D eigenvalue weighted by atomic mass is 9.94. The Kier molecular flexibility index (Phi) is 3.20. The summed E-state index contributed by atoms with van der Waals surface area (Å²) < 4.78 is 5.16. The van der Waals surface area contributed by atoms with E-state index in [4.69, 9.17) is 16.3 Å². The summed E-state index contributed by atoms with van der Waals surface area (Å²) in [6.45, 7) is 2.25. The first-order valence-corrected chi connectivity index (χ1v) is 6.08. The smallest absolute Gasteiger partial charge is 0.316 e. The summed E-state index contributed by atoms with van der Waals surface area (Å²) in [6.07, 6.45) is 0.805. The highest BCUT2D eigenvalue weighted by atomic mass is 35.5. The first-order chi connectivity index (χ1) is 7.75. The molecule has 0 spiro atoms. The lowest BCUT2D eigenvalue weighted by Crippen LogP contribution is -2.26. The van der Waals surface area contributed by atoms with Crippen LogP contribution in [0.2, 0.25) is 0 Å². The number of hydrogen-bond acceptors (Lipinski definition) is 2. The van der Waals surface area contributed by atoms with E-state index in [1.165, 1.54) is 0 Å². The Morgan fingerprint density at radius 1 is 1.50 bits per heavy atom. The molecule has 1 aliphatic rings. The van der Waals surface area contributed by atoms with Crippen LogP contribution < -0.4 is 0 Å². The molecule has 0 bridgehead atoms. The van der Waals surface area contributed by atoms with Crippen LogP contribution in [-0.4, -0.2) is 18.5 Å². The highest BCUT2D eigenvalue weighted by Crippen LogP contribution is 2.55. The van der Waals surface area contributed by atoms with Gasteiger partial charge in [0.15, 0.2) is 0 Å². The summed E-state index contributed by atoms with van der Waals surface area (Å²) in [6, 6.07) is 9.78. The molecule has 2 atom stereocenters. The molecule has 2 nitrogen and oxygen atoms in total. The molecule has 0 heterocycles. The van der Waals surface area contributed by atoms with Crippen molar-refractivity contribution in [2.45, 2.75) is 18.8 Å².